The van der Waals surface area contributed by atoms with E-state index in [2.05, 4.69) is 26.4 Å². The highest BCUT2D eigenvalue weighted by molar-refractivity contribution is 9.18. The number of hydrogen-bond donors (Lipinski definition) is 2. The topological polar surface area (TPSA) is 123 Å². The highest BCUT2D eigenvalue weighted by atomic mass is 79.9. The van der Waals surface area contributed by atoms with Crippen molar-refractivity contribution in [2.75, 3.05) is 6.54 Å². The lowest BCUT2D eigenvalue weighted by molar-refractivity contribution is -0.139. The molecular weight excluding hydrogens is 504 g/mol. The van der Waals surface area contributed by atoms with Crippen molar-refractivity contribution in [2.24, 2.45) is 10.9 Å². The van der Waals surface area contributed by atoms with Gasteiger partial charge in [0.15, 0.2) is 6.10 Å². The molecule has 3 amide bonds. The van der Waals surface area contributed by atoms with Crippen LogP contribution in [0.5, 0.6) is 0 Å². The first kappa shape index (κ1) is 25.4. The predicted molar refractivity (Wildman–Crippen MR) is 130 cm³/mol. The summed E-state index contributed by atoms with van der Waals surface area (Å²) < 4.78 is 6.05. The molecule has 0 saturated carbocycles. The fourth-order valence-corrected chi connectivity index (χ4v) is 3.80. The molecule has 0 aliphatic carbocycles. The molecule has 1 aliphatic rings. The van der Waals surface area contributed by atoms with Crippen LogP contribution in [0, 0.1) is 0 Å². The van der Waals surface area contributed by atoms with Gasteiger partial charge in [0.05, 0.1) is 12.6 Å². The number of nitrogens with zero attached hydrogens (tertiary/aromatic N) is 2. The number of carbonyl (C=O) groups is 3. The molecule has 2 aromatic rings. The fraction of sp³-hybridized carbons (Fsp3) is 0.333. The first-order chi connectivity index (χ1) is 16.3. The van der Waals surface area contributed by atoms with E-state index in [0.29, 0.717) is 11.0 Å². The van der Waals surface area contributed by atoms with Gasteiger partial charge in [-0.2, -0.15) is 0 Å². The molecule has 1 unspecified atom stereocenters. The van der Waals surface area contributed by atoms with Gasteiger partial charge >= 0.3 is 6.09 Å². The molecule has 34 heavy (non-hydrogen) atoms. The average Bonchev–Trinajstić information content (AvgIpc) is 3.27. The number of rotatable bonds is 9. The molecule has 10 heteroatoms. The van der Waals surface area contributed by atoms with Gasteiger partial charge in [0, 0.05) is 12.8 Å². The Hall–Kier alpha value is -3.24. The van der Waals surface area contributed by atoms with Gasteiger partial charge in [-0.15, -0.1) is 0 Å². The second-order valence-corrected chi connectivity index (χ2v) is 8.80. The zero-order chi connectivity index (χ0) is 24.5. The van der Waals surface area contributed by atoms with Crippen LogP contribution in [0.2, 0.25) is 0 Å². The SMILES string of the molecule is C[C@H](N)C(=O)N(C(=O)OCc1ccccc1)[C@@H](Cc1ccccc1)C(=O)NCC1CC(Br)=NO1. The normalized spacial score (nSPS) is 16.6. The highest BCUT2D eigenvalue weighted by Gasteiger charge is 2.38. The summed E-state index contributed by atoms with van der Waals surface area (Å²) in [4.78, 5) is 45.4. The number of imide groups is 1. The first-order valence-corrected chi connectivity index (χ1v) is 11.6. The Labute approximate surface area is 206 Å². The third-order valence-corrected chi connectivity index (χ3v) is 5.58. The standard InChI is InChI=1S/C24H27BrN4O5/c1-16(26)23(31)29(24(32)33-15-18-10-6-3-7-11-18)20(12-17-8-4-2-5-9-17)22(30)27-14-19-13-21(25)28-34-19/h2-11,16,19-20H,12-15,26H2,1H3,(H,27,30)/t16-,19?,20-/m0/s1. The molecule has 0 bridgehead atoms. The van der Waals surface area contributed by atoms with Crippen molar-refractivity contribution in [1.82, 2.24) is 10.2 Å². The summed E-state index contributed by atoms with van der Waals surface area (Å²) in [6.07, 6.45) is -0.688. The van der Waals surface area contributed by atoms with Crippen LogP contribution >= 0.6 is 15.9 Å². The zero-order valence-electron chi connectivity index (χ0n) is 18.7. The Bertz CT molecular complexity index is 1020. The van der Waals surface area contributed by atoms with E-state index in [1.807, 2.05) is 48.5 Å². The minimum Gasteiger partial charge on any atom is -0.444 e. The van der Waals surface area contributed by atoms with Crippen LogP contribution in [0.3, 0.4) is 0 Å². The quantitative estimate of drug-likeness (QED) is 0.513. The van der Waals surface area contributed by atoms with Crippen LogP contribution < -0.4 is 11.1 Å². The number of benzene rings is 2. The molecular formula is C24H27BrN4O5. The summed E-state index contributed by atoms with van der Waals surface area (Å²) in [5.41, 5.74) is 7.35. The van der Waals surface area contributed by atoms with E-state index in [1.54, 1.807) is 12.1 Å². The number of amides is 3. The molecule has 0 saturated heterocycles. The van der Waals surface area contributed by atoms with Crippen LogP contribution in [0.15, 0.2) is 65.8 Å². The molecule has 180 valence electrons. The summed E-state index contributed by atoms with van der Waals surface area (Å²) >= 11 is 3.26. The number of halogens is 1. The number of nitrogens with two attached hydrogens (primary N) is 1. The van der Waals surface area contributed by atoms with Gasteiger partial charge in [0.25, 0.3) is 0 Å². The Kier molecular flexibility index (Phi) is 9.17. The van der Waals surface area contributed by atoms with Crippen molar-refractivity contribution >= 4 is 38.5 Å². The number of oxime groups is 1. The monoisotopic (exact) mass is 530 g/mol. The number of ether oxygens (including phenoxy) is 1. The van der Waals surface area contributed by atoms with Gasteiger partial charge in [0.1, 0.15) is 17.3 Å². The van der Waals surface area contributed by atoms with E-state index in [1.165, 1.54) is 6.92 Å². The van der Waals surface area contributed by atoms with Crippen molar-refractivity contribution < 1.29 is 24.0 Å². The van der Waals surface area contributed by atoms with Gasteiger partial charge in [-0.05, 0) is 34.0 Å². The van der Waals surface area contributed by atoms with Crippen LogP contribution in [0.4, 0.5) is 4.79 Å². The van der Waals surface area contributed by atoms with Gasteiger partial charge in [0.2, 0.25) is 11.8 Å². The molecule has 2 aromatic carbocycles. The number of nitrogens with one attached hydrogen (secondary N) is 1. The van der Waals surface area contributed by atoms with E-state index in [0.717, 1.165) is 16.0 Å². The molecule has 3 atom stereocenters. The van der Waals surface area contributed by atoms with Crippen molar-refractivity contribution in [3.05, 3.63) is 71.8 Å². The lowest BCUT2D eigenvalue weighted by atomic mass is 10.0. The fourth-order valence-electron chi connectivity index (χ4n) is 3.35. The van der Waals surface area contributed by atoms with Gasteiger partial charge in [-0.3, -0.25) is 9.59 Å². The summed E-state index contributed by atoms with van der Waals surface area (Å²) in [6, 6.07) is 16.0. The highest BCUT2D eigenvalue weighted by Crippen LogP contribution is 2.16. The van der Waals surface area contributed by atoms with Gasteiger partial charge < -0.3 is 20.6 Å². The van der Waals surface area contributed by atoms with Crippen LogP contribution in [0.1, 0.15) is 24.5 Å². The van der Waals surface area contributed by atoms with Crippen molar-refractivity contribution in [3.8, 4) is 0 Å². The molecule has 0 aromatic heterocycles. The minimum absolute atomic E-state index is 0.0522. The Morgan fingerprint density at radius 3 is 2.32 bits per heavy atom. The van der Waals surface area contributed by atoms with Crippen LogP contribution in [0.25, 0.3) is 0 Å². The summed E-state index contributed by atoms with van der Waals surface area (Å²) in [7, 11) is 0. The molecule has 0 spiro atoms. The predicted octanol–water partition coefficient (Wildman–Crippen LogP) is 2.72. The third-order valence-electron chi connectivity index (χ3n) is 5.12. The van der Waals surface area contributed by atoms with E-state index in [9.17, 15) is 14.4 Å². The van der Waals surface area contributed by atoms with Crippen LogP contribution in [-0.4, -0.2) is 52.2 Å². The molecule has 1 aliphatic heterocycles. The first-order valence-electron chi connectivity index (χ1n) is 10.8. The second-order valence-electron chi connectivity index (χ2n) is 7.89. The Balaban J connectivity index is 1.81. The average molecular weight is 531 g/mol. The van der Waals surface area contributed by atoms with Crippen molar-refractivity contribution in [2.45, 2.75) is 44.6 Å². The Morgan fingerprint density at radius 2 is 1.76 bits per heavy atom. The molecule has 3 N–H and O–H groups in total. The maximum atomic E-state index is 13.3. The minimum atomic E-state index is -1.17. The second kappa shape index (κ2) is 12.3. The molecule has 9 nitrogen and oxygen atoms in total. The molecule has 1 heterocycles. The van der Waals surface area contributed by atoms with Gasteiger partial charge in [-0.25, -0.2) is 9.69 Å². The molecule has 0 radical (unpaired) electrons. The molecule has 0 fully saturated rings. The van der Waals surface area contributed by atoms with Crippen molar-refractivity contribution in [3.63, 3.8) is 0 Å². The smallest absolute Gasteiger partial charge is 0.417 e. The maximum Gasteiger partial charge on any atom is 0.417 e. The Morgan fingerprint density at radius 1 is 1.15 bits per heavy atom. The largest absolute Gasteiger partial charge is 0.444 e. The number of hydrogen-bond acceptors (Lipinski definition) is 7. The van der Waals surface area contributed by atoms with E-state index < -0.39 is 30.0 Å². The summed E-state index contributed by atoms with van der Waals surface area (Å²) in [5.74, 6) is -1.24. The zero-order valence-corrected chi connectivity index (χ0v) is 20.3. The van der Waals surface area contributed by atoms with E-state index in [-0.39, 0.29) is 25.7 Å². The van der Waals surface area contributed by atoms with Crippen molar-refractivity contribution in [1.29, 1.82) is 0 Å². The maximum absolute atomic E-state index is 13.3. The van der Waals surface area contributed by atoms with E-state index >= 15 is 0 Å². The lowest BCUT2D eigenvalue weighted by Gasteiger charge is -2.30. The van der Waals surface area contributed by atoms with Gasteiger partial charge in [-0.1, -0.05) is 65.8 Å². The lowest BCUT2D eigenvalue weighted by Crippen LogP contribution is -2.57. The summed E-state index contributed by atoms with van der Waals surface area (Å²) in [5, 5.41) is 6.57. The van der Waals surface area contributed by atoms with E-state index in [4.69, 9.17) is 15.3 Å². The summed E-state index contributed by atoms with van der Waals surface area (Å²) in [6.45, 7) is 1.56. The molecule has 3 rings (SSSR count). The third kappa shape index (κ3) is 7.13. The van der Waals surface area contributed by atoms with Crippen LogP contribution in [-0.2, 0) is 32.2 Å². The number of carbonyl (C=O) groups excluding carboxylic acids is 3.